The number of hydrogen-bond acceptors (Lipinski definition) is 2. The lowest BCUT2D eigenvalue weighted by Gasteiger charge is -1.94. The minimum Gasteiger partial charge on any atom is -0.399 e. The molecule has 0 aliphatic carbocycles. The largest absolute Gasteiger partial charge is 0.399 e. The third-order valence-electron chi connectivity index (χ3n) is 1.17. The van der Waals surface area contributed by atoms with Gasteiger partial charge >= 0.3 is 0 Å². The highest BCUT2D eigenvalue weighted by molar-refractivity contribution is 5.93. The summed E-state index contributed by atoms with van der Waals surface area (Å²) >= 11 is 0. The Labute approximate surface area is 70.8 Å². The summed E-state index contributed by atoms with van der Waals surface area (Å²) < 4.78 is 0. The van der Waals surface area contributed by atoms with Gasteiger partial charge in [-0.15, -0.1) is 12.4 Å². The molecule has 0 atom stereocenters. The van der Waals surface area contributed by atoms with E-state index >= 15 is 0 Å². The van der Waals surface area contributed by atoms with Gasteiger partial charge in [0.1, 0.15) is 0 Å². The topological polar surface area (TPSA) is 69.1 Å². The zero-order chi connectivity index (χ0) is 7.56. The fraction of sp³-hybridized carbons (Fsp3) is 0. The summed E-state index contributed by atoms with van der Waals surface area (Å²) in [5.74, 6) is -0.452. The third kappa shape index (κ3) is 2.47. The van der Waals surface area contributed by atoms with Gasteiger partial charge in [0.15, 0.2) is 0 Å². The van der Waals surface area contributed by atoms with Crippen LogP contribution in [0.4, 0.5) is 5.69 Å². The second-order valence-electron chi connectivity index (χ2n) is 1.99. The van der Waals surface area contributed by atoms with Crippen LogP contribution < -0.4 is 11.5 Å². The first-order chi connectivity index (χ1) is 4.70. The summed E-state index contributed by atoms with van der Waals surface area (Å²) in [4.78, 5) is 10.5. The van der Waals surface area contributed by atoms with E-state index in [1.807, 2.05) is 0 Å². The van der Waals surface area contributed by atoms with Gasteiger partial charge in [0.25, 0.3) is 0 Å². The van der Waals surface area contributed by atoms with E-state index in [4.69, 9.17) is 11.5 Å². The van der Waals surface area contributed by atoms with Gasteiger partial charge in [0.2, 0.25) is 5.91 Å². The number of nitrogens with two attached hydrogens (primary N) is 2. The van der Waals surface area contributed by atoms with E-state index in [2.05, 4.69) is 0 Å². The van der Waals surface area contributed by atoms with Crippen molar-refractivity contribution in [2.75, 3.05) is 5.73 Å². The van der Waals surface area contributed by atoms with Gasteiger partial charge in [-0.05, 0) is 18.2 Å². The Hall–Kier alpha value is -1.22. The molecule has 1 aromatic carbocycles. The second-order valence-corrected chi connectivity index (χ2v) is 1.99. The highest BCUT2D eigenvalue weighted by Crippen LogP contribution is 2.04. The molecule has 0 unspecified atom stereocenters. The molecule has 11 heavy (non-hydrogen) atoms. The molecule has 0 bridgehead atoms. The number of primary amides is 1. The predicted octanol–water partition coefficient (Wildman–Crippen LogP) is 0.790. The number of rotatable bonds is 1. The number of benzene rings is 1. The van der Waals surface area contributed by atoms with Gasteiger partial charge in [-0.2, -0.15) is 0 Å². The number of carbonyl (C=O) groups is 1. The minimum atomic E-state index is -0.452. The Morgan fingerprint density at radius 1 is 1.36 bits per heavy atom. The van der Waals surface area contributed by atoms with E-state index in [1.165, 1.54) is 0 Å². The maximum Gasteiger partial charge on any atom is 0.248 e. The van der Waals surface area contributed by atoms with Gasteiger partial charge in [0.05, 0.1) is 0 Å². The van der Waals surface area contributed by atoms with Crippen molar-refractivity contribution in [1.29, 1.82) is 0 Å². The highest BCUT2D eigenvalue weighted by Gasteiger charge is 1.97. The summed E-state index contributed by atoms with van der Waals surface area (Å²) in [5, 5.41) is 0. The molecule has 1 aromatic rings. The van der Waals surface area contributed by atoms with Crippen molar-refractivity contribution in [1.82, 2.24) is 0 Å². The molecule has 3 nitrogen and oxygen atoms in total. The van der Waals surface area contributed by atoms with Crippen LogP contribution >= 0.6 is 12.4 Å². The van der Waals surface area contributed by atoms with E-state index in [0.29, 0.717) is 11.3 Å². The minimum absolute atomic E-state index is 0. The van der Waals surface area contributed by atoms with Crippen molar-refractivity contribution >= 4 is 24.0 Å². The molecule has 4 N–H and O–H groups in total. The predicted molar refractivity (Wildman–Crippen MR) is 46.6 cm³/mol. The van der Waals surface area contributed by atoms with Crippen LogP contribution in [0.25, 0.3) is 0 Å². The van der Waals surface area contributed by atoms with Gasteiger partial charge in [0, 0.05) is 11.3 Å². The third-order valence-corrected chi connectivity index (χ3v) is 1.17. The molecular formula is C7H9ClN2O. The van der Waals surface area contributed by atoms with Gasteiger partial charge in [-0.3, -0.25) is 4.79 Å². The summed E-state index contributed by atoms with van der Waals surface area (Å²) in [6.07, 6.45) is 0. The molecule has 0 saturated heterocycles. The first-order valence-corrected chi connectivity index (χ1v) is 2.85. The molecule has 0 aromatic heterocycles. The molecule has 0 aliphatic rings. The summed E-state index contributed by atoms with van der Waals surface area (Å²) in [6.45, 7) is 0. The zero-order valence-corrected chi connectivity index (χ0v) is 6.60. The lowest BCUT2D eigenvalue weighted by Crippen LogP contribution is -2.10. The van der Waals surface area contributed by atoms with E-state index in [1.54, 1.807) is 24.3 Å². The van der Waals surface area contributed by atoms with Gasteiger partial charge in [-0.25, -0.2) is 0 Å². The van der Waals surface area contributed by atoms with Gasteiger partial charge in [-0.1, -0.05) is 6.07 Å². The van der Waals surface area contributed by atoms with Crippen molar-refractivity contribution < 1.29 is 4.79 Å². The second kappa shape index (κ2) is 3.83. The Morgan fingerprint density at radius 3 is 2.36 bits per heavy atom. The number of amides is 1. The molecule has 1 amide bonds. The van der Waals surface area contributed by atoms with Crippen LogP contribution in [0.2, 0.25) is 0 Å². The highest BCUT2D eigenvalue weighted by atomic mass is 35.5. The van der Waals surface area contributed by atoms with Crippen LogP contribution in [-0.4, -0.2) is 5.91 Å². The summed E-state index contributed by atoms with van der Waals surface area (Å²) in [7, 11) is 0. The monoisotopic (exact) mass is 172 g/mol. The van der Waals surface area contributed by atoms with E-state index < -0.39 is 5.91 Å². The van der Waals surface area contributed by atoms with Crippen molar-refractivity contribution in [3.63, 3.8) is 0 Å². The standard InChI is InChI=1S/C7H8N2O.ClH/c8-6-3-1-2-5(4-6)7(9)10;/h1-4H,8H2,(H2,9,10);1H. The SMILES string of the molecule is Cl.NC(=O)c1cccc(N)c1. The molecule has 4 heteroatoms. The number of carbonyl (C=O) groups excluding carboxylic acids is 1. The molecule has 0 radical (unpaired) electrons. The smallest absolute Gasteiger partial charge is 0.248 e. The Balaban J connectivity index is 0.000001000. The van der Waals surface area contributed by atoms with Crippen LogP contribution in [0.1, 0.15) is 10.4 Å². The van der Waals surface area contributed by atoms with Crippen molar-refractivity contribution in [2.24, 2.45) is 5.73 Å². The fourth-order valence-electron chi connectivity index (χ4n) is 0.692. The molecule has 0 saturated carbocycles. The Kier molecular flexibility index (Phi) is 3.40. The van der Waals surface area contributed by atoms with Gasteiger partial charge < -0.3 is 11.5 Å². The van der Waals surface area contributed by atoms with E-state index in [0.717, 1.165) is 0 Å². The summed E-state index contributed by atoms with van der Waals surface area (Å²) in [6, 6.07) is 6.56. The normalized spacial score (nSPS) is 8.36. The Morgan fingerprint density at radius 2 is 2.00 bits per heavy atom. The first-order valence-electron chi connectivity index (χ1n) is 2.85. The van der Waals surface area contributed by atoms with Crippen LogP contribution in [0, 0.1) is 0 Å². The Bertz CT molecular complexity index is 262. The molecule has 0 aliphatic heterocycles. The molecule has 0 spiro atoms. The van der Waals surface area contributed by atoms with Crippen molar-refractivity contribution in [3.8, 4) is 0 Å². The van der Waals surface area contributed by atoms with Crippen LogP contribution in [0.15, 0.2) is 24.3 Å². The van der Waals surface area contributed by atoms with E-state index in [9.17, 15) is 4.79 Å². The maximum atomic E-state index is 10.5. The molecule has 0 fully saturated rings. The molecular weight excluding hydrogens is 164 g/mol. The van der Waals surface area contributed by atoms with Crippen molar-refractivity contribution in [3.05, 3.63) is 29.8 Å². The average molecular weight is 173 g/mol. The number of halogens is 1. The van der Waals surface area contributed by atoms with Crippen LogP contribution in [0.3, 0.4) is 0 Å². The number of anilines is 1. The van der Waals surface area contributed by atoms with Crippen molar-refractivity contribution in [2.45, 2.75) is 0 Å². The zero-order valence-electron chi connectivity index (χ0n) is 5.78. The molecule has 60 valence electrons. The summed E-state index contributed by atoms with van der Waals surface area (Å²) in [5.41, 5.74) is 11.4. The molecule has 0 heterocycles. The van der Waals surface area contributed by atoms with Crippen LogP contribution in [0.5, 0.6) is 0 Å². The quantitative estimate of drug-likeness (QED) is 0.615. The molecule has 1 rings (SSSR count). The van der Waals surface area contributed by atoms with Crippen LogP contribution in [-0.2, 0) is 0 Å². The lowest BCUT2D eigenvalue weighted by atomic mass is 10.2. The first kappa shape index (κ1) is 9.78. The van der Waals surface area contributed by atoms with E-state index in [-0.39, 0.29) is 12.4 Å². The maximum absolute atomic E-state index is 10.5. The number of nitrogen functional groups attached to an aromatic ring is 1. The lowest BCUT2D eigenvalue weighted by molar-refractivity contribution is 0.100. The number of hydrogen-bond donors (Lipinski definition) is 2. The fourth-order valence-corrected chi connectivity index (χ4v) is 0.692. The average Bonchev–Trinajstić information content (AvgIpc) is 1.88.